The molecule has 2 aliphatic rings. The van der Waals surface area contributed by atoms with Crippen LogP contribution in [-0.2, 0) is 4.79 Å². The van der Waals surface area contributed by atoms with E-state index in [9.17, 15) is 9.59 Å². The van der Waals surface area contributed by atoms with Gasteiger partial charge in [0.1, 0.15) is 5.76 Å². The third kappa shape index (κ3) is 3.77. The molecule has 0 spiro atoms. The molecular weight excluding hydrogens is 332 g/mol. The zero-order valence-electron chi connectivity index (χ0n) is 16.4. The molecule has 1 aromatic heterocycles. The fourth-order valence-electron chi connectivity index (χ4n) is 3.92. The van der Waals surface area contributed by atoms with Crippen LogP contribution < -0.4 is 10.6 Å². The molecule has 1 unspecified atom stereocenters. The van der Waals surface area contributed by atoms with Gasteiger partial charge in [-0.15, -0.1) is 0 Å². The quantitative estimate of drug-likeness (QED) is 0.803. The Morgan fingerprint density at radius 3 is 2.50 bits per heavy atom. The van der Waals surface area contributed by atoms with Crippen LogP contribution in [0.1, 0.15) is 55.2 Å². The van der Waals surface area contributed by atoms with Crippen molar-refractivity contribution < 1.29 is 14.0 Å². The first-order valence-electron chi connectivity index (χ1n) is 9.46. The predicted octanol–water partition coefficient (Wildman–Crippen LogP) is 1.65. The van der Waals surface area contributed by atoms with Crippen LogP contribution in [-0.4, -0.2) is 53.4 Å². The Kier molecular flexibility index (Phi) is 5.10. The maximum Gasteiger partial charge on any atom is 0.274 e. The number of nitrogens with zero attached hydrogens (tertiary/aromatic N) is 2. The van der Waals surface area contributed by atoms with Crippen molar-refractivity contribution in [1.82, 2.24) is 20.5 Å². The number of amides is 2. The van der Waals surface area contributed by atoms with Crippen molar-refractivity contribution in [2.75, 3.05) is 20.1 Å². The van der Waals surface area contributed by atoms with Gasteiger partial charge in [0.2, 0.25) is 5.91 Å². The smallest absolute Gasteiger partial charge is 0.274 e. The molecule has 144 valence electrons. The van der Waals surface area contributed by atoms with Gasteiger partial charge < -0.3 is 20.0 Å². The van der Waals surface area contributed by atoms with Gasteiger partial charge in [0, 0.05) is 19.5 Å². The second kappa shape index (κ2) is 7.02. The van der Waals surface area contributed by atoms with E-state index in [2.05, 4.69) is 34.5 Å². The molecule has 0 aromatic carbocycles. The molecule has 2 amide bonds. The topological polar surface area (TPSA) is 87.5 Å². The van der Waals surface area contributed by atoms with E-state index in [4.69, 9.17) is 4.42 Å². The van der Waals surface area contributed by atoms with Gasteiger partial charge in [0.15, 0.2) is 11.6 Å². The molecule has 0 radical (unpaired) electrons. The Morgan fingerprint density at radius 2 is 2.00 bits per heavy atom. The van der Waals surface area contributed by atoms with Crippen molar-refractivity contribution in [2.45, 2.75) is 58.5 Å². The molecule has 1 aliphatic carbocycles. The molecule has 2 heterocycles. The van der Waals surface area contributed by atoms with E-state index in [0.29, 0.717) is 29.8 Å². The Bertz CT molecular complexity index is 697. The summed E-state index contributed by atoms with van der Waals surface area (Å²) in [7, 11) is 2.05. The number of carbonyl (C=O) groups excluding carboxylic acids is 2. The van der Waals surface area contributed by atoms with E-state index in [1.165, 1.54) is 0 Å². The monoisotopic (exact) mass is 362 g/mol. The SMILES string of the molecule is Cc1nc(C(=O)NC(C)(CNC(=O)[C@@H]2CCN(C)[C@@H]2C)C2CC2)c(C)o1. The van der Waals surface area contributed by atoms with Crippen molar-refractivity contribution in [3.63, 3.8) is 0 Å². The fraction of sp³-hybridized carbons (Fsp3) is 0.737. The maximum absolute atomic E-state index is 12.7. The minimum absolute atomic E-state index is 0.0135. The van der Waals surface area contributed by atoms with Gasteiger partial charge in [0.05, 0.1) is 11.5 Å². The van der Waals surface area contributed by atoms with E-state index in [0.717, 1.165) is 25.8 Å². The van der Waals surface area contributed by atoms with Crippen LogP contribution in [0.15, 0.2) is 4.42 Å². The number of hydrogen-bond acceptors (Lipinski definition) is 5. The molecule has 1 saturated heterocycles. The minimum atomic E-state index is -0.472. The molecule has 3 rings (SSSR count). The number of aryl methyl sites for hydroxylation is 2. The van der Waals surface area contributed by atoms with Crippen LogP contribution in [0.4, 0.5) is 0 Å². The summed E-state index contributed by atoms with van der Waals surface area (Å²) in [6, 6.07) is 0.248. The first-order chi connectivity index (χ1) is 12.2. The van der Waals surface area contributed by atoms with E-state index in [1.54, 1.807) is 13.8 Å². The number of rotatable bonds is 6. The summed E-state index contributed by atoms with van der Waals surface area (Å²) >= 11 is 0. The minimum Gasteiger partial charge on any atom is -0.445 e. The first-order valence-corrected chi connectivity index (χ1v) is 9.46. The molecule has 2 N–H and O–H groups in total. The van der Waals surface area contributed by atoms with E-state index in [-0.39, 0.29) is 23.8 Å². The highest BCUT2D eigenvalue weighted by Crippen LogP contribution is 2.39. The number of nitrogens with one attached hydrogen (secondary N) is 2. The van der Waals surface area contributed by atoms with Gasteiger partial charge in [-0.1, -0.05) is 0 Å². The lowest BCUT2D eigenvalue weighted by molar-refractivity contribution is -0.125. The molecule has 26 heavy (non-hydrogen) atoms. The Hall–Kier alpha value is -1.89. The van der Waals surface area contributed by atoms with Gasteiger partial charge in [-0.25, -0.2) is 4.98 Å². The van der Waals surface area contributed by atoms with Crippen LogP contribution in [0.5, 0.6) is 0 Å². The standard InChI is InChI=1S/C19H30N4O3/c1-11-15(8-9-23(11)5)17(24)20-10-19(4,14-6-7-14)22-18(25)16-12(2)26-13(3)21-16/h11,14-15H,6-10H2,1-5H3,(H,20,24)(H,22,25)/t11-,15-,19?/m1/s1. The maximum atomic E-state index is 12.7. The summed E-state index contributed by atoms with van der Waals surface area (Å²) in [6.07, 6.45) is 3.01. The van der Waals surface area contributed by atoms with Crippen LogP contribution in [0.2, 0.25) is 0 Å². The van der Waals surface area contributed by atoms with Crippen molar-refractivity contribution in [3.8, 4) is 0 Å². The van der Waals surface area contributed by atoms with Crippen LogP contribution >= 0.6 is 0 Å². The highest BCUT2D eigenvalue weighted by molar-refractivity contribution is 5.93. The molecule has 0 bridgehead atoms. The summed E-state index contributed by atoms with van der Waals surface area (Å²) in [5.74, 6) is 1.23. The van der Waals surface area contributed by atoms with E-state index < -0.39 is 5.54 Å². The van der Waals surface area contributed by atoms with Crippen molar-refractivity contribution in [3.05, 3.63) is 17.3 Å². The lowest BCUT2D eigenvalue weighted by Gasteiger charge is -2.32. The lowest BCUT2D eigenvalue weighted by atomic mass is 9.94. The lowest BCUT2D eigenvalue weighted by Crippen LogP contribution is -2.56. The van der Waals surface area contributed by atoms with Gasteiger partial charge in [0.25, 0.3) is 5.91 Å². The second-order valence-corrected chi connectivity index (χ2v) is 8.12. The first kappa shape index (κ1) is 18.9. The Balaban J connectivity index is 1.64. The molecule has 7 nitrogen and oxygen atoms in total. The molecule has 1 saturated carbocycles. The summed E-state index contributed by atoms with van der Waals surface area (Å²) in [6.45, 7) is 8.95. The fourth-order valence-corrected chi connectivity index (χ4v) is 3.92. The predicted molar refractivity (Wildman–Crippen MR) is 97.8 cm³/mol. The van der Waals surface area contributed by atoms with Crippen molar-refractivity contribution in [2.24, 2.45) is 11.8 Å². The van der Waals surface area contributed by atoms with E-state index in [1.807, 2.05) is 6.92 Å². The number of likely N-dealkylation sites (tertiary alicyclic amines) is 1. The third-order valence-electron chi connectivity index (χ3n) is 6.03. The third-order valence-corrected chi connectivity index (χ3v) is 6.03. The van der Waals surface area contributed by atoms with Gasteiger partial charge in [-0.3, -0.25) is 9.59 Å². The number of carbonyl (C=O) groups is 2. The highest BCUT2D eigenvalue weighted by Gasteiger charge is 2.44. The van der Waals surface area contributed by atoms with Crippen LogP contribution in [0.3, 0.4) is 0 Å². The molecule has 3 atom stereocenters. The zero-order chi connectivity index (χ0) is 19.1. The number of aromatic nitrogens is 1. The van der Waals surface area contributed by atoms with E-state index >= 15 is 0 Å². The van der Waals surface area contributed by atoms with Gasteiger partial charge >= 0.3 is 0 Å². The number of hydrogen-bond donors (Lipinski definition) is 2. The highest BCUT2D eigenvalue weighted by atomic mass is 16.4. The summed E-state index contributed by atoms with van der Waals surface area (Å²) in [5, 5.41) is 6.20. The second-order valence-electron chi connectivity index (χ2n) is 8.12. The molecule has 2 fully saturated rings. The molecule has 1 aliphatic heterocycles. The average Bonchev–Trinajstić information content (AvgIpc) is 3.31. The zero-order valence-corrected chi connectivity index (χ0v) is 16.4. The summed E-state index contributed by atoms with van der Waals surface area (Å²) in [4.78, 5) is 31.7. The Morgan fingerprint density at radius 1 is 1.31 bits per heavy atom. The van der Waals surface area contributed by atoms with Crippen LogP contribution in [0.25, 0.3) is 0 Å². The van der Waals surface area contributed by atoms with Crippen LogP contribution in [0, 0.1) is 25.7 Å². The molecular formula is C19H30N4O3. The Labute approximate surface area is 154 Å². The summed E-state index contributed by atoms with van der Waals surface area (Å²) < 4.78 is 5.37. The molecule has 1 aromatic rings. The normalized spacial score (nSPS) is 25.7. The summed E-state index contributed by atoms with van der Waals surface area (Å²) in [5.41, 5.74) is -0.147. The largest absolute Gasteiger partial charge is 0.445 e. The van der Waals surface area contributed by atoms with Crippen molar-refractivity contribution in [1.29, 1.82) is 0 Å². The van der Waals surface area contributed by atoms with Gasteiger partial charge in [-0.2, -0.15) is 0 Å². The van der Waals surface area contributed by atoms with Gasteiger partial charge in [-0.05, 0) is 59.5 Å². The molecule has 7 heteroatoms. The van der Waals surface area contributed by atoms with Crippen molar-refractivity contribution >= 4 is 11.8 Å². The average molecular weight is 362 g/mol. The number of oxazole rings is 1.